The predicted octanol–water partition coefficient (Wildman–Crippen LogP) is 3.55. The summed E-state index contributed by atoms with van der Waals surface area (Å²) in [6, 6.07) is 8.72. The molecule has 1 aromatic carbocycles. The maximum atomic E-state index is 5.53. The number of aromatic nitrogens is 3. The average molecular weight is 308 g/mol. The van der Waals surface area contributed by atoms with Crippen LogP contribution in [0.2, 0.25) is 0 Å². The van der Waals surface area contributed by atoms with Gasteiger partial charge in [0.25, 0.3) is 0 Å². The zero-order valence-corrected chi connectivity index (χ0v) is 13.2. The van der Waals surface area contributed by atoms with Crippen molar-refractivity contribution >= 4 is 10.9 Å². The molecule has 1 atom stereocenters. The number of H-pyrrole nitrogens is 1. The highest BCUT2D eigenvalue weighted by atomic mass is 16.5. The first-order chi connectivity index (χ1) is 11.3. The summed E-state index contributed by atoms with van der Waals surface area (Å²) in [4.78, 5) is 10.6. The van der Waals surface area contributed by atoms with Crippen LogP contribution in [0, 0.1) is 0 Å². The maximum Gasteiger partial charge on any atom is 0.243 e. The molecule has 1 aliphatic carbocycles. The molecule has 5 heteroatoms. The van der Waals surface area contributed by atoms with E-state index >= 15 is 0 Å². The SMILES string of the molecule is C[C@H](c1nc(C2CC2)no1)N1CCc2[nH]c3ccccc3c2C1. The summed E-state index contributed by atoms with van der Waals surface area (Å²) in [5.74, 6) is 2.20. The lowest BCUT2D eigenvalue weighted by Crippen LogP contribution is -2.32. The number of nitrogens with one attached hydrogen (secondary N) is 1. The molecule has 0 radical (unpaired) electrons. The van der Waals surface area contributed by atoms with E-state index in [1.165, 1.54) is 35.0 Å². The Hall–Kier alpha value is -2.14. The first kappa shape index (κ1) is 13.3. The molecule has 5 rings (SSSR count). The van der Waals surface area contributed by atoms with Gasteiger partial charge in [-0.15, -0.1) is 0 Å². The Morgan fingerprint density at radius 3 is 3.04 bits per heavy atom. The molecule has 3 aromatic rings. The number of aromatic amines is 1. The van der Waals surface area contributed by atoms with E-state index < -0.39 is 0 Å². The summed E-state index contributed by atoms with van der Waals surface area (Å²) >= 11 is 0. The molecule has 1 aliphatic heterocycles. The van der Waals surface area contributed by atoms with Gasteiger partial charge in [0.1, 0.15) is 0 Å². The summed E-state index contributed by atoms with van der Waals surface area (Å²) in [7, 11) is 0. The van der Waals surface area contributed by atoms with Crippen molar-refractivity contribution in [1.82, 2.24) is 20.0 Å². The van der Waals surface area contributed by atoms with Crippen molar-refractivity contribution < 1.29 is 4.52 Å². The van der Waals surface area contributed by atoms with Crippen LogP contribution in [0.3, 0.4) is 0 Å². The van der Waals surface area contributed by atoms with Crippen LogP contribution in [0.15, 0.2) is 28.8 Å². The van der Waals surface area contributed by atoms with Crippen molar-refractivity contribution in [3.05, 3.63) is 47.2 Å². The normalized spacial score (nSPS) is 19.9. The van der Waals surface area contributed by atoms with Crippen molar-refractivity contribution in [1.29, 1.82) is 0 Å². The summed E-state index contributed by atoms with van der Waals surface area (Å²) in [5.41, 5.74) is 4.03. The third kappa shape index (κ3) is 2.18. The summed E-state index contributed by atoms with van der Waals surface area (Å²) in [6.45, 7) is 4.12. The third-order valence-electron chi connectivity index (χ3n) is 5.22. The summed E-state index contributed by atoms with van der Waals surface area (Å²) in [5, 5.41) is 5.50. The number of rotatable bonds is 3. The van der Waals surface area contributed by atoms with E-state index in [0.29, 0.717) is 5.92 Å². The second-order valence-corrected chi connectivity index (χ2v) is 6.79. The fraction of sp³-hybridized carbons (Fsp3) is 0.444. The first-order valence-corrected chi connectivity index (χ1v) is 8.45. The second kappa shape index (κ2) is 4.93. The Morgan fingerprint density at radius 1 is 1.30 bits per heavy atom. The summed E-state index contributed by atoms with van der Waals surface area (Å²) < 4.78 is 5.53. The number of fused-ring (bicyclic) bond motifs is 3. The lowest BCUT2D eigenvalue weighted by atomic mass is 10.0. The monoisotopic (exact) mass is 308 g/mol. The van der Waals surface area contributed by atoms with Crippen LogP contribution >= 0.6 is 0 Å². The molecule has 2 aliphatic rings. The highest BCUT2D eigenvalue weighted by molar-refractivity contribution is 5.84. The number of benzene rings is 1. The molecule has 1 saturated carbocycles. The van der Waals surface area contributed by atoms with Crippen molar-refractivity contribution in [2.75, 3.05) is 6.54 Å². The van der Waals surface area contributed by atoms with Crippen molar-refractivity contribution in [3.63, 3.8) is 0 Å². The minimum absolute atomic E-state index is 0.164. The molecular formula is C18H20N4O. The van der Waals surface area contributed by atoms with Gasteiger partial charge in [0.15, 0.2) is 5.82 Å². The standard InChI is InChI=1S/C18H20N4O/c1-11(18-20-17(21-23-18)12-6-7-12)22-9-8-16-14(10-22)13-4-2-3-5-15(13)19-16/h2-5,11-12,19H,6-10H2,1H3/t11-/m1/s1. The van der Waals surface area contributed by atoms with Gasteiger partial charge in [-0.3, -0.25) is 4.90 Å². The number of hydrogen-bond donors (Lipinski definition) is 1. The minimum Gasteiger partial charge on any atom is -0.358 e. The predicted molar refractivity (Wildman–Crippen MR) is 87.1 cm³/mol. The van der Waals surface area contributed by atoms with Gasteiger partial charge < -0.3 is 9.51 Å². The Morgan fingerprint density at radius 2 is 2.17 bits per heavy atom. The lowest BCUT2D eigenvalue weighted by molar-refractivity contribution is 0.158. The van der Waals surface area contributed by atoms with Crippen LogP contribution in [0.25, 0.3) is 10.9 Å². The first-order valence-electron chi connectivity index (χ1n) is 8.45. The van der Waals surface area contributed by atoms with E-state index in [1.807, 2.05) is 0 Å². The fourth-order valence-electron chi connectivity index (χ4n) is 3.60. The molecule has 1 fully saturated rings. The van der Waals surface area contributed by atoms with Gasteiger partial charge in [-0.2, -0.15) is 4.98 Å². The molecule has 0 spiro atoms. The molecule has 118 valence electrons. The topological polar surface area (TPSA) is 58.0 Å². The van der Waals surface area contributed by atoms with Crippen LogP contribution in [-0.4, -0.2) is 26.6 Å². The van der Waals surface area contributed by atoms with Crippen molar-refractivity contribution in [2.24, 2.45) is 0 Å². The van der Waals surface area contributed by atoms with Gasteiger partial charge in [-0.25, -0.2) is 0 Å². The molecule has 0 bridgehead atoms. The lowest BCUT2D eigenvalue weighted by Gasteiger charge is -2.30. The smallest absolute Gasteiger partial charge is 0.243 e. The second-order valence-electron chi connectivity index (χ2n) is 6.79. The highest BCUT2D eigenvalue weighted by Gasteiger charge is 2.32. The molecular weight excluding hydrogens is 288 g/mol. The van der Waals surface area contributed by atoms with Gasteiger partial charge in [0.2, 0.25) is 5.89 Å². The molecule has 2 aromatic heterocycles. The quantitative estimate of drug-likeness (QED) is 0.804. The fourth-order valence-corrected chi connectivity index (χ4v) is 3.60. The minimum atomic E-state index is 0.164. The van der Waals surface area contributed by atoms with E-state index in [9.17, 15) is 0 Å². The molecule has 3 heterocycles. The zero-order valence-electron chi connectivity index (χ0n) is 13.2. The van der Waals surface area contributed by atoms with Gasteiger partial charge in [0.05, 0.1) is 6.04 Å². The van der Waals surface area contributed by atoms with Gasteiger partial charge >= 0.3 is 0 Å². The van der Waals surface area contributed by atoms with E-state index in [4.69, 9.17) is 4.52 Å². The Labute approximate surface area is 134 Å². The van der Waals surface area contributed by atoms with Crippen LogP contribution in [-0.2, 0) is 13.0 Å². The molecule has 23 heavy (non-hydrogen) atoms. The molecule has 0 saturated heterocycles. The summed E-state index contributed by atoms with van der Waals surface area (Å²) in [6.07, 6.45) is 3.45. The Bertz CT molecular complexity index is 861. The van der Waals surface area contributed by atoms with Crippen LogP contribution in [0.1, 0.15) is 54.7 Å². The molecule has 1 N–H and O–H groups in total. The van der Waals surface area contributed by atoms with Gasteiger partial charge in [-0.1, -0.05) is 23.4 Å². The van der Waals surface area contributed by atoms with Crippen LogP contribution in [0.5, 0.6) is 0 Å². The Kier molecular flexibility index (Phi) is 2.85. The molecule has 5 nitrogen and oxygen atoms in total. The molecule has 0 unspecified atom stereocenters. The van der Waals surface area contributed by atoms with Crippen LogP contribution in [0.4, 0.5) is 0 Å². The van der Waals surface area contributed by atoms with Crippen molar-refractivity contribution in [3.8, 4) is 0 Å². The third-order valence-corrected chi connectivity index (χ3v) is 5.22. The number of para-hydroxylation sites is 1. The number of hydrogen-bond acceptors (Lipinski definition) is 4. The van der Waals surface area contributed by atoms with Crippen molar-refractivity contribution in [2.45, 2.75) is 44.7 Å². The highest BCUT2D eigenvalue weighted by Crippen LogP contribution is 2.39. The van der Waals surface area contributed by atoms with Crippen LogP contribution < -0.4 is 0 Å². The average Bonchev–Trinajstić information content (AvgIpc) is 3.20. The Balaban J connectivity index is 1.43. The van der Waals surface area contributed by atoms with Gasteiger partial charge in [0, 0.05) is 42.0 Å². The maximum absolute atomic E-state index is 5.53. The largest absolute Gasteiger partial charge is 0.358 e. The zero-order chi connectivity index (χ0) is 15.4. The number of nitrogens with zero attached hydrogens (tertiary/aromatic N) is 3. The van der Waals surface area contributed by atoms with E-state index in [2.05, 4.69) is 51.2 Å². The molecule has 0 amide bonds. The van der Waals surface area contributed by atoms with E-state index in [0.717, 1.165) is 31.2 Å². The van der Waals surface area contributed by atoms with E-state index in [1.54, 1.807) is 0 Å². The van der Waals surface area contributed by atoms with E-state index in [-0.39, 0.29) is 6.04 Å². The van der Waals surface area contributed by atoms with Gasteiger partial charge in [-0.05, 0) is 31.4 Å².